The molecule has 1 aliphatic rings. The van der Waals surface area contributed by atoms with Gasteiger partial charge in [-0.15, -0.1) is 0 Å². The lowest BCUT2D eigenvalue weighted by atomic mass is 10.0. The zero-order valence-electron chi connectivity index (χ0n) is 12.6. The predicted molar refractivity (Wildman–Crippen MR) is 87.0 cm³/mol. The van der Waals surface area contributed by atoms with Gasteiger partial charge in [0.2, 0.25) is 0 Å². The van der Waals surface area contributed by atoms with Crippen LogP contribution in [0.1, 0.15) is 30.6 Å². The van der Waals surface area contributed by atoms with E-state index in [-0.39, 0.29) is 5.91 Å². The zero-order chi connectivity index (χ0) is 15.3. The maximum absolute atomic E-state index is 12.1. The van der Waals surface area contributed by atoms with Crippen LogP contribution in [-0.2, 0) is 0 Å². The van der Waals surface area contributed by atoms with Crippen LogP contribution >= 0.6 is 11.8 Å². The van der Waals surface area contributed by atoms with Crippen molar-refractivity contribution in [1.82, 2.24) is 10.3 Å². The second-order valence-corrected chi connectivity index (χ2v) is 6.39. The van der Waals surface area contributed by atoms with Gasteiger partial charge in [-0.05, 0) is 38.2 Å². The topological polar surface area (TPSA) is 65.5 Å². The highest BCUT2D eigenvalue weighted by molar-refractivity contribution is 7.99. The first-order valence-corrected chi connectivity index (χ1v) is 8.53. The van der Waals surface area contributed by atoms with Crippen LogP contribution in [0.2, 0.25) is 0 Å². The maximum atomic E-state index is 12.1. The van der Waals surface area contributed by atoms with Gasteiger partial charge in [0.05, 0.1) is 11.2 Å². The molecule has 0 aromatic carbocycles. The molecule has 1 aromatic rings. The molecule has 116 valence electrons. The highest BCUT2D eigenvalue weighted by atomic mass is 32.2. The minimum Gasteiger partial charge on any atom is -0.387 e. The molecule has 2 heterocycles. The lowest BCUT2D eigenvalue weighted by Crippen LogP contribution is -2.43. The van der Waals surface area contributed by atoms with Crippen LogP contribution in [-0.4, -0.2) is 52.7 Å². The first-order chi connectivity index (χ1) is 10.1. The summed E-state index contributed by atoms with van der Waals surface area (Å²) in [5.41, 5.74) is -0.227. The number of carbonyl (C=O) groups excluding carboxylic acids is 1. The number of carbonyl (C=O) groups is 1. The summed E-state index contributed by atoms with van der Waals surface area (Å²) in [7, 11) is 0. The Morgan fingerprint density at radius 1 is 1.48 bits per heavy atom. The Morgan fingerprint density at radius 3 is 2.76 bits per heavy atom. The van der Waals surface area contributed by atoms with E-state index in [0.717, 1.165) is 31.1 Å². The summed E-state index contributed by atoms with van der Waals surface area (Å²) in [5.74, 6) is 2.33. The molecule has 0 unspecified atom stereocenters. The monoisotopic (exact) mass is 309 g/mol. The van der Waals surface area contributed by atoms with Crippen molar-refractivity contribution in [3.8, 4) is 0 Å². The standard InChI is InChI=1S/C15H23N3O2S/c1-3-18(4-2)13-6-5-12(9-16-13)14(19)17-10-15(20)7-8-21-11-15/h5-6,9,20H,3-4,7-8,10-11H2,1-2H3,(H,17,19)/t15-/m1/s1. The third-order valence-corrected chi connectivity index (χ3v) is 4.99. The van der Waals surface area contributed by atoms with Crippen molar-refractivity contribution in [2.24, 2.45) is 0 Å². The van der Waals surface area contributed by atoms with Crippen molar-refractivity contribution in [3.63, 3.8) is 0 Å². The number of aliphatic hydroxyl groups is 1. The minimum absolute atomic E-state index is 0.182. The summed E-state index contributed by atoms with van der Waals surface area (Å²) in [6.07, 6.45) is 2.33. The zero-order valence-corrected chi connectivity index (χ0v) is 13.4. The molecule has 6 heteroatoms. The molecule has 2 rings (SSSR count). The molecule has 1 aromatic heterocycles. The summed E-state index contributed by atoms with van der Waals surface area (Å²) in [5, 5.41) is 13.0. The number of nitrogens with one attached hydrogen (secondary N) is 1. The molecular formula is C15H23N3O2S. The Hall–Kier alpha value is -1.27. The van der Waals surface area contributed by atoms with E-state index in [1.807, 2.05) is 6.07 Å². The van der Waals surface area contributed by atoms with Crippen LogP contribution in [0, 0.1) is 0 Å². The third-order valence-electron chi connectivity index (χ3n) is 3.76. The molecule has 5 nitrogen and oxygen atoms in total. The number of thioether (sulfide) groups is 1. The molecule has 2 N–H and O–H groups in total. The number of aromatic nitrogens is 1. The lowest BCUT2D eigenvalue weighted by molar-refractivity contribution is 0.0612. The third kappa shape index (κ3) is 4.11. The number of anilines is 1. The van der Waals surface area contributed by atoms with Crippen LogP contribution in [0.5, 0.6) is 0 Å². The van der Waals surface area contributed by atoms with Gasteiger partial charge < -0.3 is 15.3 Å². The van der Waals surface area contributed by atoms with Gasteiger partial charge >= 0.3 is 0 Å². The van der Waals surface area contributed by atoms with Crippen LogP contribution in [0.25, 0.3) is 0 Å². The van der Waals surface area contributed by atoms with E-state index in [9.17, 15) is 9.90 Å². The molecular weight excluding hydrogens is 286 g/mol. The summed E-state index contributed by atoms with van der Waals surface area (Å²) < 4.78 is 0. The van der Waals surface area contributed by atoms with E-state index in [0.29, 0.717) is 17.9 Å². The van der Waals surface area contributed by atoms with Crippen LogP contribution < -0.4 is 10.2 Å². The van der Waals surface area contributed by atoms with Crippen molar-refractivity contribution >= 4 is 23.5 Å². The Balaban J connectivity index is 1.93. The SMILES string of the molecule is CCN(CC)c1ccc(C(=O)NC[C@]2(O)CCSC2)cn1. The Labute approximate surface area is 130 Å². The first kappa shape index (κ1) is 16.1. The summed E-state index contributed by atoms with van der Waals surface area (Å²) >= 11 is 1.72. The molecule has 1 fully saturated rings. The lowest BCUT2D eigenvalue weighted by Gasteiger charge is -2.22. The number of nitrogens with zero attached hydrogens (tertiary/aromatic N) is 2. The largest absolute Gasteiger partial charge is 0.387 e. The number of amides is 1. The van der Waals surface area contributed by atoms with Gasteiger partial charge in [-0.2, -0.15) is 11.8 Å². The molecule has 21 heavy (non-hydrogen) atoms. The normalized spacial score (nSPS) is 21.3. The second-order valence-electron chi connectivity index (χ2n) is 5.29. The fraction of sp³-hybridized carbons (Fsp3) is 0.600. The van der Waals surface area contributed by atoms with Crippen molar-refractivity contribution in [1.29, 1.82) is 0 Å². The molecule has 0 spiro atoms. The van der Waals surface area contributed by atoms with Crippen LogP contribution in [0.3, 0.4) is 0 Å². The summed E-state index contributed by atoms with van der Waals surface area (Å²) in [6, 6.07) is 3.64. The molecule has 1 amide bonds. The van der Waals surface area contributed by atoms with Gasteiger partial charge in [-0.1, -0.05) is 0 Å². The minimum atomic E-state index is -0.755. The molecule has 1 aliphatic heterocycles. The molecule has 0 aliphatic carbocycles. The van der Waals surface area contributed by atoms with Crippen molar-refractivity contribution < 1.29 is 9.90 Å². The molecule has 0 radical (unpaired) electrons. The van der Waals surface area contributed by atoms with E-state index in [1.165, 1.54) is 0 Å². The van der Waals surface area contributed by atoms with Gasteiger partial charge in [-0.25, -0.2) is 4.98 Å². The predicted octanol–water partition coefficient (Wildman–Crippen LogP) is 1.53. The van der Waals surface area contributed by atoms with E-state index in [1.54, 1.807) is 24.0 Å². The highest BCUT2D eigenvalue weighted by Gasteiger charge is 2.32. The highest BCUT2D eigenvalue weighted by Crippen LogP contribution is 2.27. The smallest absolute Gasteiger partial charge is 0.252 e. The number of rotatable bonds is 6. The second kappa shape index (κ2) is 7.13. The average Bonchev–Trinajstić information content (AvgIpc) is 2.94. The van der Waals surface area contributed by atoms with Gasteiger partial charge in [0, 0.05) is 31.6 Å². The first-order valence-electron chi connectivity index (χ1n) is 7.37. The van der Waals surface area contributed by atoms with Crippen LogP contribution in [0.15, 0.2) is 18.3 Å². The van der Waals surface area contributed by atoms with E-state index >= 15 is 0 Å². The summed E-state index contributed by atoms with van der Waals surface area (Å²) in [4.78, 5) is 18.5. The fourth-order valence-electron chi connectivity index (χ4n) is 2.34. The maximum Gasteiger partial charge on any atom is 0.252 e. The van der Waals surface area contributed by atoms with E-state index < -0.39 is 5.60 Å². The average molecular weight is 309 g/mol. The van der Waals surface area contributed by atoms with E-state index in [4.69, 9.17) is 0 Å². The van der Waals surface area contributed by atoms with Gasteiger partial charge in [0.25, 0.3) is 5.91 Å². The van der Waals surface area contributed by atoms with Gasteiger partial charge in [-0.3, -0.25) is 4.79 Å². The van der Waals surface area contributed by atoms with E-state index in [2.05, 4.69) is 29.0 Å². The van der Waals surface area contributed by atoms with Crippen molar-refractivity contribution in [3.05, 3.63) is 23.9 Å². The molecule has 1 saturated heterocycles. The Kier molecular flexibility index (Phi) is 5.47. The van der Waals surface area contributed by atoms with Crippen molar-refractivity contribution in [2.45, 2.75) is 25.9 Å². The number of hydrogen-bond acceptors (Lipinski definition) is 5. The Morgan fingerprint density at radius 2 is 2.24 bits per heavy atom. The van der Waals surface area contributed by atoms with Gasteiger partial charge in [0.15, 0.2) is 0 Å². The number of pyridine rings is 1. The molecule has 1 atom stereocenters. The number of hydrogen-bond donors (Lipinski definition) is 2. The van der Waals surface area contributed by atoms with Gasteiger partial charge in [0.1, 0.15) is 5.82 Å². The van der Waals surface area contributed by atoms with Crippen LogP contribution in [0.4, 0.5) is 5.82 Å². The Bertz CT molecular complexity index is 468. The fourth-order valence-corrected chi connectivity index (χ4v) is 3.63. The van der Waals surface area contributed by atoms with Crippen molar-refractivity contribution in [2.75, 3.05) is 36.0 Å². The quantitative estimate of drug-likeness (QED) is 0.834. The molecule has 0 bridgehead atoms. The summed E-state index contributed by atoms with van der Waals surface area (Å²) in [6.45, 7) is 6.23. The molecule has 0 saturated carbocycles.